The van der Waals surface area contributed by atoms with Gasteiger partial charge in [0.2, 0.25) is 0 Å². The standard InChI is InChI=1S/C23H20ClNO4/c1-16(20-9-5-6-10-21(20)24)28-22(26)15-25-23(27)17-11-13-19(14-12-17)29-18-7-3-2-4-8-18/h2-14,16H,15H2,1H3,(H,25,27)/t16-/m0/s1. The zero-order valence-electron chi connectivity index (χ0n) is 15.8. The first-order chi connectivity index (χ1) is 14.0. The maximum Gasteiger partial charge on any atom is 0.326 e. The van der Waals surface area contributed by atoms with Crippen LogP contribution in [0.4, 0.5) is 0 Å². The van der Waals surface area contributed by atoms with Crippen molar-refractivity contribution in [1.82, 2.24) is 5.32 Å². The van der Waals surface area contributed by atoms with Gasteiger partial charge >= 0.3 is 5.97 Å². The summed E-state index contributed by atoms with van der Waals surface area (Å²) in [5, 5.41) is 3.07. The van der Waals surface area contributed by atoms with E-state index in [4.69, 9.17) is 21.1 Å². The van der Waals surface area contributed by atoms with Crippen LogP contribution < -0.4 is 10.1 Å². The molecule has 6 heteroatoms. The van der Waals surface area contributed by atoms with Crippen molar-refractivity contribution in [2.24, 2.45) is 0 Å². The van der Waals surface area contributed by atoms with Gasteiger partial charge in [0.25, 0.3) is 5.91 Å². The van der Waals surface area contributed by atoms with Gasteiger partial charge in [0.15, 0.2) is 0 Å². The molecule has 0 unspecified atom stereocenters. The molecule has 29 heavy (non-hydrogen) atoms. The maximum atomic E-state index is 12.2. The lowest BCUT2D eigenvalue weighted by molar-refractivity contribution is -0.147. The minimum Gasteiger partial charge on any atom is -0.457 e. The van der Waals surface area contributed by atoms with Crippen molar-refractivity contribution in [3.8, 4) is 11.5 Å². The van der Waals surface area contributed by atoms with Crippen molar-refractivity contribution in [2.75, 3.05) is 6.54 Å². The first-order valence-electron chi connectivity index (χ1n) is 9.08. The number of esters is 1. The fourth-order valence-corrected chi connectivity index (χ4v) is 2.95. The van der Waals surface area contributed by atoms with E-state index in [9.17, 15) is 9.59 Å². The Labute approximate surface area is 174 Å². The summed E-state index contributed by atoms with van der Waals surface area (Å²) in [5.74, 6) is 0.397. The second-order valence-corrected chi connectivity index (χ2v) is 6.68. The third-order valence-electron chi connectivity index (χ3n) is 4.14. The third-order valence-corrected chi connectivity index (χ3v) is 4.48. The van der Waals surface area contributed by atoms with E-state index in [0.29, 0.717) is 27.6 Å². The largest absolute Gasteiger partial charge is 0.457 e. The van der Waals surface area contributed by atoms with Crippen LogP contribution in [0, 0.1) is 0 Å². The van der Waals surface area contributed by atoms with Crippen molar-refractivity contribution in [3.63, 3.8) is 0 Å². The van der Waals surface area contributed by atoms with Gasteiger partial charge in [-0.1, -0.05) is 48.0 Å². The first kappa shape index (κ1) is 20.4. The van der Waals surface area contributed by atoms with E-state index in [0.717, 1.165) is 0 Å². The number of rotatable bonds is 7. The molecular weight excluding hydrogens is 390 g/mol. The summed E-state index contributed by atoms with van der Waals surface area (Å²) in [6.07, 6.45) is -0.512. The summed E-state index contributed by atoms with van der Waals surface area (Å²) in [6, 6.07) is 23.1. The fraction of sp³-hybridized carbons (Fsp3) is 0.130. The molecule has 3 aromatic rings. The number of halogens is 1. The Kier molecular flexibility index (Phi) is 6.87. The van der Waals surface area contributed by atoms with Crippen LogP contribution in [0.25, 0.3) is 0 Å². The number of benzene rings is 3. The predicted octanol–water partition coefficient (Wildman–Crippen LogP) is 5.17. The van der Waals surface area contributed by atoms with Gasteiger partial charge in [-0.2, -0.15) is 0 Å². The zero-order chi connectivity index (χ0) is 20.6. The highest BCUT2D eigenvalue weighted by molar-refractivity contribution is 6.31. The maximum absolute atomic E-state index is 12.2. The van der Waals surface area contributed by atoms with E-state index in [2.05, 4.69) is 5.32 Å². The van der Waals surface area contributed by atoms with Crippen LogP contribution in [0.1, 0.15) is 28.9 Å². The molecule has 0 saturated carbocycles. The second kappa shape index (κ2) is 9.75. The van der Waals surface area contributed by atoms with Gasteiger partial charge in [-0.05, 0) is 49.4 Å². The third kappa shape index (κ3) is 5.83. The Morgan fingerprint density at radius 2 is 1.52 bits per heavy atom. The number of carbonyl (C=O) groups excluding carboxylic acids is 2. The van der Waals surface area contributed by atoms with E-state index in [1.54, 1.807) is 49.4 Å². The molecule has 0 aliphatic heterocycles. The van der Waals surface area contributed by atoms with E-state index in [1.165, 1.54) is 0 Å². The molecule has 5 nitrogen and oxygen atoms in total. The van der Waals surface area contributed by atoms with E-state index in [1.807, 2.05) is 36.4 Å². The SMILES string of the molecule is C[C@H](OC(=O)CNC(=O)c1ccc(Oc2ccccc2)cc1)c1ccccc1Cl. The van der Waals surface area contributed by atoms with Crippen molar-refractivity contribution in [3.05, 3.63) is 95.0 Å². The van der Waals surface area contributed by atoms with Gasteiger partial charge in [-0.3, -0.25) is 9.59 Å². The van der Waals surface area contributed by atoms with Gasteiger partial charge < -0.3 is 14.8 Å². The molecule has 0 radical (unpaired) electrons. The summed E-state index contributed by atoms with van der Waals surface area (Å²) >= 11 is 6.10. The molecule has 0 fully saturated rings. The highest BCUT2D eigenvalue weighted by atomic mass is 35.5. The number of carbonyl (C=O) groups is 2. The summed E-state index contributed by atoms with van der Waals surface area (Å²) in [5.41, 5.74) is 1.13. The van der Waals surface area contributed by atoms with Crippen molar-refractivity contribution in [2.45, 2.75) is 13.0 Å². The van der Waals surface area contributed by atoms with E-state index < -0.39 is 12.1 Å². The quantitative estimate of drug-likeness (QED) is 0.547. The van der Waals surface area contributed by atoms with E-state index in [-0.39, 0.29) is 12.5 Å². The number of nitrogens with one attached hydrogen (secondary N) is 1. The van der Waals surface area contributed by atoms with Gasteiger partial charge in [-0.15, -0.1) is 0 Å². The number of amides is 1. The lowest BCUT2D eigenvalue weighted by Gasteiger charge is -2.15. The Hall–Kier alpha value is -3.31. The number of ether oxygens (including phenoxy) is 2. The lowest BCUT2D eigenvalue weighted by atomic mass is 10.1. The minimum atomic E-state index is -0.546. The normalized spacial score (nSPS) is 11.4. The van der Waals surface area contributed by atoms with Crippen LogP contribution in [0.15, 0.2) is 78.9 Å². The molecule has 0 aliphatic rings. The molecule has 0 aromatic heterocycles. The number of hydrogen-bond donors (Lipinski definition) is 1. The predicted molar refractivity (Wildman–Crippen MR) is 111 cm³/mol. The van der Waals surface area contributed by atoms with Crippen LogP contribution in [0.2, 0.25) is 5.02 Å². The molecule has 0 aliphatic carbocycles. The molecular formula is C23H20ClNO4. The van der Waals surface area contributed by atoms with Gasteiger partial charge in [-0.25, -0.2) is 0 Å². The molecule has 148 valence electrons. The fourth-order valence-electron chi connectivity index (χ4n) is 2.66. The summed E-state index contributed by atoms with van der Waals surface area (Å²) in [4.78, 5) is 24.3. The van der Waals surface area contributed by atoms with Crippen LogP contribution in [-0.4, -0.2) is 18.4 Å². The van der Waals surface area contributed by atoms with Gasteiger partial charge in [0.1, 0.15) is 24.1 Å². The van der Waals surface area contributed by atoms with E-state index >= 15 is 0 Å². The number of hydrogen-bond acceptors (Lipinski definition) is 4. The van der Waals surface area contributed by atoms with Crippen LogP contribution in [-0.2, 0) is 9.53 Å². The van der Waals surface area contributed by atoms with Crippen LogP contribution in [0.5, 0.6) is 11.5 Å². The lowest BCUT2D eigenvalue weighted by Crippen LogP contribution is -2.31. The average molecular weight is 410 g/mol. The van der Waals surface area contributed by atoms with Gasteiger partial charge in [0.05, 0.1) is 0 Å². The van der Waals surface area contributed by atoms with Crippen molar-refractivity contribution < 1.29 is 19.1 Å². The number of para-hydroxylation sites is 1. The Morgan fingerprint density at radius 1 is 0.897 bits per heavy atom. The topological polar surface area (TPSA) is 64.6 Å². The molecule has 1 amide bonds. The molecule has 0 spiro atoms. The molecule has 3 rings (SSSR count). The zero-order valence-corrected chi connectivity index (χ0v) is 16.6. The van der Waals surface area contributed by atoms with Crippen molar-refractivity contribution >= 4 is 23.5 Å². The second-order valence-electron chi connectivity index (χ2n) is 6.28. The highest BCUT2D eigenvalue weighted by Gasteiger charge is 2.15. The van der Waals surface area contributed by atoms with Gasteiger partial charge in [0, 0.05) is 16.1 Å². The Bertz CT molecular complexity index is 974. The molecule has 0 saturated heterocycles. The summed E-state index contributed by atoms with van der Waals surface area (Å²) in [7, 11) is 0. The molecule has 3 aromatic carbocycles. The summed E-state index contributed by atoms with van der Waals surface area (Å²) in [6.45, 7) is 1.49. The molecule has 0 bridgehead atoms. The van der Waals surface area contributed by atoms with Crippen LogP contribution in [0.3, 0.4) is 0 Å². The molecule has 1 N–H and O–H groups in total. The van der Waals surface area contributed by atoms with Crippen molar-refractivity contribution in [1.29, 1.82) is 0 Å². The molecule has 1 atom stereocenters. The summed E-state index contributed by atoms with van der Waals surface area (Å²) < 4.78 is 11.0. The Balaban J connectivity index is 1.50. The van der Waals surface area contributed by atoms with Crippen LogP contribution >= 0.6 is 11.6 Å². The smallest absolute Gasteiger partial charge is 0.326 e. The molecule has 0 heterocycles. The average Bonchev–Trinajstić information content (AvgIpc) is 2.73. The highest BCUT2D eigenvalue weighted by Crippen LogP contribution is 2.25. The minimum absolute atomic E-state index is 0.240. The Morgan fingerprint density at radius 3 is 2.21 bits per heavy atom. The first-order valence-corrected chi connectivity index (χ1v) is 9.46. The monoisotopic (exact) mass is 409 g/mol.